The molecular formula is C21H27N3O3S. The predicted octanol–water partition coefficient (Wildman–Crippen LogP) is 2.74. The summed E-state index contributed by atoms with van der Waals surface area (Å²) < 4.78 is 5.48. The Labute approximate surface area is 170 Å². The van der Waals surface area contributed by atoms with Gasteiger partial charge < -0.3 is 15.0 Å². The van der Waals surface area contributed by atoms with Crippen molar-refractivity contribution in [2.75, 3.05) is 32.8 Å². The fourth-order valence-electron chi connectivity index (χ4n) is 3.18. The van der Waals surface area contributed by atoms with Crippen molar-refractivity contribution in [2.24, 2.45) is 0 Å². The molecule has 1 N–H and O–H groups in total. The van der Waals surface area contributed by atoms with Crippen molar-refractivity contribution in [1.82, 2.24) is 15.1 Å². The monoisotopic (exact) mass is 401 g/mol. The molecule has 2 heterocycles. The zero-order valence-electron chi connectivity index (χ0n) is 16.4. The van der Waals surface area contributed by atoms with Crippen molar-refractivity contribution in [2.45, 2.75) is 26.9 Å². The molecule has 1 aromatic carbocycles. The van der Waals surface area contributed by atoms with E-state index in [4.69, 9.17) is 4.74 Å². The summed E-state index contributed by atoms with van der Waals surface area (Å²) in [5.74, 6) is 0.917. The molecule has 28 heavy (non-hydrogen) atoms. The van der Waals surface area contributed by atoms with Gasteiger partial charge in [0.15, 0.2) is 0 Å². The molecule has 1 aliphatic rings. The van der Waals surface area contributed by atoms with Gasteiger partial charge in [0.2, 0.25) is 5.91 Å². The first kappa shape index (κ1) is 20.4. The molecule has 1 fully saturated rings. The van der Waals surface area contributed by atoms with Crippen LogP contribution >= 0.6 is 11.3 Å². The second-order valence-electron chi connectivity index (χ2n) is 6.82. The largest absolute Gasteiger partial charge is 0.494 e. The number of ether oxygens (including phenoxy) is 1. The first-order valence-corrected chi connectivity index (χ1v) is 10.4. The number of carbonyl (C=O) groups excluding carboxylic acids is 2. The van der Waals surface area contributed by atoms with Gasteiger partial charge in [-0.05, 0) is 36.8 Å². The maximum Gasteiger partial charge on any atom is 0.264 e. The number of nitrogens with zero attached hydrogens (tertiary/aromatic N) is 2. The van der Waals surface area contributed by atoms with Crippen molar-refractivity contribution < 1.29 is 14.3 Å². The van der Waals surface area contributed by atoms with Crippen LogP contribution in [0.1, 0.15) is 34.0 Å². The van der Waals surface area contributed by atoms with Crippen molar-refractivity contribution in [3.05, 3.63) is 51.7 Å². The van der Waals surface area contributed by atoms with Crippen LogP contribution in [0.5, 0.6) is 5.75 Å². The van der Waals surface area contributed by atoms with Crippen LogP contribution in [-0.4, -0.2) is 54.4 Å². The lowest BCUT2D eigenvalue weighted by Crippen LogP contribution is -2.48. The van der Waals surface area contributed by atoms with E-state index in [0.29, 0.717) is 13.2 Å². The number of piperazine rings is 1. The first-order valence-electron chi connectivity index (χ1n) is 9.61. The number of amides is 2. The van der Waals surface area contributed by atoms with E-state index >= 15 is 0 Å². The lowest BCUT2D eigenvalue weighted by Gasteiger charge is -2.34. The average molecular weight is 402 g/mol. The lowest BCUT2D eigenvalue weighted by atomic mass is 10.2. The van der Waals surface area contributed by atoms with E-state index < -0.39 is 0 Å². The average Bonchev–Trinajstić information content (AvgIpc) is 3.17. The second kappa shape index (κ2) is 9.71. The highest BCUT2D eigenvalue weighted by molar-refractivity contribution is 7.14. The number of rotatable bonds is 7. The summed E-state index contributed by atoms with van der Waals surface area (Å²) in [6.07, 6.45) is 0. The Balaban J connectivity index is 1.48. The quantitative estimate of drug-likeness (QED) is 0.775. The predicted molar refractivity (Wildman–Crippen MR) is 111 cm³/mol. The molecule has 6 nitrogen and oxygen atoms in total. The van der Waals surface area contributed by atoms with Crippen LogP contribution in [0.3, 0.4) is 0 Å². The van der Waals surface area contributed by atoms with E-state index in [0.717, 1.165) is 48.2 Å². The third-order valence-electron chi connectivity index (χ3n) is 4.68. The van der Waals surface area contributed by atoms with E-state index in [9.17, 15) is 9.59 Å². The van der Waals surface area contributed by atoms with Crippen LogP contribution < -0.4 is 10.1 Å². The van der Waals surface area contributed by atoms with Gasteiger partial charge in [-0.25, -0.2) is 0 Å². The van der Waals surface area contributed by atoms with E-state index in [-0.39, 0.29) is 11.8 Å². The standard InChI is InChI=1S/C21H27N3O3S/c1-3-27-18-6-4-17(5-7-18)15-23-10-12-24(13-11-23)21(26)20-9-8-19(28-20)14-22-16(2)25/h4-9H,3,10-15H2,1-2H3,(H,22,25). The Hall–Kier alpha value is -2.38. The lowest BCUT2D eigenvalue weighted by molar-refractivity contribution is -0.119. The van der Waals surface area contributed by atoms with Crippen LogP contribution in [0.2, 0.25) is 0 Å². The molecule has 0 atom stereocenters. The summed E-state index contributed by atoms with van der Waals surface area (Å²) >= 11 is 1.45. The summed E-state index contributed by atoms with van der Waals surface area (Å²) in [4.78, 5) is 29.8. The minimum atomic E-state index is -0.0649. The third-order valence-corrected chi connectivity index (χ3v) is 5.76. The van der Waals surface area contributed by atoms with E-state index in [1.54, 1.807) is 0 Å². The Bertz CT molecular complexity index is 795. The molecule has 7 heteroatoms. The highest BCUT2D eigenvalue weighted by Gasteiger charge is 2.23. The third kappa shape index (κ3) is 5.56. The summed E-state index contributed by atoms with van der Waals surface area (Å²) in [7, 11) is 0. The van der Waals surface area contributed by atoms with Gasteiger partial charge >= 0.3 is 0 Å². The number of nitrogens with one attached hydrogen (secondary N) is 1. The SMILES string of the molecule is CCOc1ccc(CN2CCN(C(=O)c3ccc(CNC(C)=O)s3)CC2)cc1. The van der Waals surface area contributed by atoms with E-state index in [1.807, 2.05) is 36.1 Å². The molecule has 0 radical (unpaired) electrons. The van der Waals surface area contributed by atoms with Crippen LogP contribution in [-0.2, 0) is 17.9 Å². The molecular weight excluding hydrogens is 374 g/mol. The summed E-state index contributed by atoms with van der Waals surface area (Å²) in [6, 6.07) is 12.0. The zero-order chi connectivity index (χ0) is 19.9. The number of hydrogen-bond acceptors (Lipinski definition) is 5. The second-order valence-corrected chi connectivity index (χ2v) is 7.99. The van der Waals surface area contributed by atoms with E-state index in [2.05, 4.69) is 22.3 Å². The van der Waals surface area contributed by atoms with Crippen molar-refractivity contribution in [1.29, 1.82) is 0 Å². The Morgan fingerprint density at radius 1 is 1.07 bits per heavy atom. The minimum absolute atomic E-state index is 0.0649. The van der Waals surface area contributed by atoms with Crippen LogP contribution in [0, 0.1) is 0 Å². The Morgan fingerprint density at radius 2 is 1.79 bits per heavy atom. The minimum Gasteiger partial charge on any atom is -0.494 e. The maximum absolute atomic E-state index is 12.7. The highest BCUT2D eigenvalue weighted by Crippen LogP contribution is 2.20. The van der Waals surface area contributed by atoms with Gasteiger partial charge in [0.25, 0.3) is 5.91 Å². The normalized spacial score (nSPS) is 14.7. The first-order chi connectivity index (χ1) is 13.5. The van der Waals surface area contributed by atoms with Crippen LogP contribution in [0.4, 0.5) is 0 Å². The molecule has 1 saturated heterocycles. The molecule has 3 rings (SSSR count). The molecule has 1 aliphatic heterocycles. The molecule has 150 valence electrons. The van der Waals surface area contributed by atoms with Crippen molar-refractivity contribution in [3.63, 3.8) is 0 Å². The maximum atomic E-state index is 12.7. The number of thiophene rings is 1. The summed E-state index contributed by atoms with van der Waals surface area (Å²) in [6.45, 7) is 8.70. The van der Waals surface area contributed by atoms with Crippen LogP contribution in [0.15, 0.2) is 36.4 Å². The molecule has 0 aliphatic carbocycles. The summed E-state index contributed by atoms with van der Waals surface area (Å²) in [5, 5.41) is 2.77. The topological polar surface area (TPSA) is 61.9 Å². The molecule has 0 saturated carbocycles. The van der Waals surface area contributed by atoms with Gasteiger partial charge in [0, 0.05) is 44.5 Å². The van der Waals surface area contributed by atoms with Gasteiger partial charge in [-0.15, -0.1) is 11.3 Å². The number of carbonyl (C=O) groups is 2. The zero-order valence-corrected chi connectivity index (χ0v) is 17.3. The number of benzene rings is 1. The van der Waals surface area contributed by atoms with Gasteiger partial charge in [0.1, 0.15) is 5.75 Å². The van der Waals surface area contributed by atoms with Gasteiger partial charge in [-0.3, -0.25) is 14.5 Å². The van der Waals surface area contributed by atoms with Gasteiger partial charge in [-0.2, -0.15) is 0 Å². The van der Waals surface area contributed by atoms with Gasteiger partial charge in [0.05, 0.1) is 18.0 Å². The molecule has 1 aromatic heterocycles. The van der Waals surface area contributed by atoms with Crippen molar-refractivity contribution >= 4 is 23.2 Å². The van der Waals surface area contributed by atoms with Gasteiger partial charge in [-0.1, -0.05) is 12.1 Å². The molecule has 0 spiro atoms. The van der Waals surface area contributed by atoms with Crippen LogP contribution in [0.25, 0.3) is 0 Å². The fraction of sp³-hybridized carbons (Fsp3) is 0.429. The van der Waals surface area contributed by atoms with E-state index in [1.165, 1.54) is 23.8 Å². The molecule has 0 unspecified atom stereocenters. The highest BCUT2D eigenvalue weighted by atomic mass is 32.1. The Kier molecular flexibility index (Phi) is 7.06. The van der Waals surface area contributed by atoms with Crippen molar-refractivity contribution in [3.8, 4) is 5.75 Å². The Morgan fingerprint density at radius 3 is 2.43 bits per heavy atom. The molecule has 2 amide bonds. The molecule has 0 bridgehead atoms. The number of hydrogen-bond donors (Lipinski definition) is 1. The smallest absolute Gasteiger partial charge is 0.264 e. The fourth-order valence-corrected chi connectivity index (χ4v) is 4.10. The molecule has 2 aromatic rings. The summed E-state index contributed by atoms with van der Waals surface area (Å²) in [5.41, 5.74) is 1.25.